The van der Waals surface area contributed by atoms with Crippen molar-refractivity contribution in [2.45, 2.75) is 52.1 Å². The molecule has 0 amide bonds. The van der Waals surface area contributed by atoms with Crippen LogP contribution in [0.2, 0.25) is 0 Å². The maximum atomic E-state index is 13.2. The summed E-state index contributed by atoms with van der Waals surface area (Å²) in [6, 6.07) is 0. The van der Waals surface area contributed by atoms with Gasteiger partial charge in [-0.3, -0.25) is 14.4 Å². The lowest BCUT2D eigenvalue weighted by molar-refractivity contribution is -0.229. The van der Waals surface area contributed by atoms with Gasteiger partial charge in [0.1, 0.15) is 11.7 Å². The maximum Gasteiger partial charge on any atom is 0.320 e. The summed E-state index contributed by atoms with van der Waals surface area (Å²) in [7, 11) is 0. The molecule has 2 bridgehead atoms. The Balaban J connectivity index is 1.83. The topological polar surface area (TPSA) is 107 Å². The normalized spacial score (nSPS) is 46.2. The number of carbonyl (C=O) groups is 4. The molecule has 7 nitrogen and oxygen atoms in total. The highest BCUT2D eigenvalue weighted by atomic mass is 16.5. The second kappa shape index (κ2) is 6.49. The van der Waals surface area contributed by atoms with Crippen molar-refractivity contribution in [3.8, 4) is 0 Å². The molecule has 3 saturated carbocycles. The second-order valence-electron chi connectivity index (χ2n) is 9.72. The van der Waals surface area contributed by atoms with Gasteiger partial charge in [-0.2, -0.15) is 0 Å². The van der Waals surface area contributed by atoms with Gasteiger partial charge in [-0.15, -0.1) is 0 Å². The Bertz CT molecular complexity index is 803. The van der Waals surface area contributed by atoms with Crippen molar-refractivity contribution < 1.29 is 33.8 Å². The van der Waals surface area contributed by atoms with Crippen LogP contribution in [-0.2, 0) is 28.7 Å². The molecular weight excluding hydrogens is 376 g/mol. The van der Waals surface area contributed by atoms with Crippen LogP contribution < -0.4 is 0 Å². The summed E-state index contributed by atoms with van der Waals surface area (Å²) in [5.41, 5.74) is -2.61. The van der Waals surface area contributed by atoms with Crippen LogP contribution in [0.4, 0.5) is 0 Å². The first-order valence-corrected chi connectivity index (χ1v) is 10.3. The number of esters is 2. The largest absolute Gasteiger partial charge is 0.465 e. The quantitative estimate of drug-likeness (QED) is 0.330. The molecule has 29 heavy (non-hydrogen) atoms. The van der Waals surface area contributed by atoms with Crippen LogP contribution in [-0.4, -0.2) is 48.4 Å². The lowest BCUT2D eigenvalue weighted by Crippen LogP contribution is -2.67. The molecular formula is C22H28O7. The number of Topliss-reactive ketones (excluding diaryl/α,β-unsaturated/α-hetero) is 1. The fourth-order valence-corrected chi connectivity index (χ4v) is 6.99. The molecule has 1 N–H and O–H groups in total. The molecule has 2 spiro atoms. The number of fused-ring (bicyclic) bond motifs is 2. The minimum absolute atomic E-state index is 0.0151. The molecule has 0 aromatic rings. The summed E-state index contributed by atoms with van der Waals surface area (Å²) in [6.07, 6.45) is 2.55. The molecule has 4 aliphatic rings. The third-order valence-electron chi connectivity index (χ3n) is 8.16. The van der Waals surface area contributed by atoms with Gasteiger partial charge in [0.2, 0.25) is 0 Å². The number of allylic oxidation sites excluding steroid dienone is 1. The van der Waals surface area contributed by atoms with Gasteiger partial charge in [-0.1, -0.05) is 19.9 Å². The molecule has 0 radical (unpaired) electrons. The van der Waals surface area contributed by atoms with Gasteiger partial charge in [0.05, 0.1) is 19.3 Å². The van der Waals surface area contributed by atoms with E-state index in [1.165, 1.54) is 6.92 Å². The molecule has 1 heterocycles. The number of rotatable bonds is 3. The Hall–Kier alpha value is -2.02. The fraction of sp³-hybridized carbons (Fsp3) is 0.727. The highest BCUT2D eigenvalue weighted by molar-refractivity contribution is 6.15. The van der Waals surface area contributed by atoms with E-state index in [1.54, 1.807) is 0 Å². The number of carbonyl (C=O) groups excluding carboxylic acids is 4. The molecule has 7 atom stereocenters. The average Bonchev–Trinajstić information content (AvgIpc) is 2.86. The fourth-order valence-electron chi connectivity index (χ4n) is 6.99. The van der Waals surface area contributed by atoms with Gasteiger partial charge in [0.25, 0.3) is 0 Å². The van der Waals surface area contributed by atoms with Crippen molar-refractivity contribution in [2.24, 2.45) is 34.0 Å². The number of aliphatic hydroxyl groups excluding tert-OH is 1. The first-order chi connectivity index (χ1) is 13.6. The summed E-state index contributed by atoms with van der Waals surface area (Å²) in [4.78, 5) is 50.0. The summed E-state index contributed by atoms with van der Waals surface area (Å²) in [6.45, 7) is 7.16. The number of ether oxygens (including phenoxy) is 2. The van der Waals surface area contributed by atoms with Crippen molar-refractivity contribution in [3.63, 3.8) is 0 Å². The van der Waals surface area contributed by atoms with E-state index in [2.05, 4.69) is 6.58 Å². The van der Waals surface area contributed by atoms with Crippen LogP contribution in [0.5, 0.6) is 0 Å². The monoisotopic (exact) mass is 404 g/mol. The predicted molar refractivity (Wildman–Crippen MR) is 100 cm³/mol. The first-order valence-electron chi connectivity index (χ1n) is 10.3. The van der Waals surface area contributed by atoms with E-state index in [4.69, 9.17) is 9.47 Å². The summed E-state index contributed by atoms with van der Waals surface area (Å²) in [5, 5.41) is 11.2. The van der Waals surface area contributed by atoms with E-state index < -0.39 is 46.1 Å². The smallest absolute Gasteiger partial charge is 0.320 e. The number of cyclic esters (lactones) is 1. The van der Waals surface area contributed by atoms with Crippen molar-refractivity contribution in [1.29, 1.82) is 0 Å². The van der Waals surface area contributed by atoms with Crippen molar-refractivity contribution >= 4 is 24.0 Å². The lowest BCUT2D eigenvalue weighted by Gasteiger charge is -2.61. The number of hydrogen-bond donors (Lipinski definition) is 1. The molecule has 3 aliphatic carbocycles. The van der Waals surface area contributed by atoms with Crippen LogP contribution in [0, 0.1) is 34.0 Å². The van der Waals surface area contributed by atoms with Crippen LogP contribution in [0.3, 0.4) is 0 Å². The highest BCUT2D eigenvalue weighted by Gasteiger charge is 2.74. The molecule has 1 saturated heterocycles. The number of aliphatic hydroxyl groups is 1. The lowest BCUT2D eigenvalue weighted by atomic mass is 9.44. The van der Waals surface area contributed by atoms with E-state index in [-0.39, 0.29) is 24.9 Å². The van der Waals surface area contributed by atoms with Gasteiger partial charge in [0.15, 0.2) is 5.78 Å². The van der Waals surface area contributed by atoms with Gasteiger partial charge in [0, 0.05) is 29.6 Å². The van der Waals surface area contributed by atoms with Crippen molar-refractivity contribution in [3.05, 3.63) is 12.2 Å². The Morgan fingerprint density at radius 1 is 1.38 bits per heavy atom. The Morgan fingerprint density at radius 2 is 2.10 bits per heavy atom. The molecule has 0 unspecified atom stereocenters. The van der Waals surface area contributed by atoms with Crippen molar-refractivity contribution in [1.82, 2.24) is 0 Å². The number of ketones is 1. The zero-order valence-electron chi connectivity index (χ0n) is 16.9. The summed E-state index contributed by atoms with van der Waals surface area (Å²) >= 11 is 0. The van der Waals surface area contributed by atoms with Gasteiger partial charge < -0.3 is 19.4 Å². The van der Waals surface area contributed by atoms with E-state index >= 15 is 0 Å². The van der Waals surface area contributed by atoms with E-state index in [0.717, 1.165) is 12.7 Å². The molecule has 7 heteroatoms. The third-order valence-corrected chi connectivity index (χ3v) is 8.16. The Labute approximate surface area is 169 Å². The summed E-state index contributed by atoms with van der Waals surface area (Å²) < 4.78 is 10.9. The van der Waals surface area contributed by atoms with Crippen molar-refractivity contribution in [2.75, 3.05) is 13.2 Å². The zero-order chi connectivity index (χ0) is 21.2. The van der Waals surface area contributed by atoms with E-state index in [9.17, 15) is 24.3 Å². The average molecular weight is 404 g/mol. The van der Waals surface area contributed by atoms with E-state index in [1.807, 2.05) is 6.92 Å². The minimum atomic E-state index is -1.46. The van der Waals surface area contributed by atoms with Crippen LogP contribution >= 0.6 is 0 Å². The number of aldehydes is 1. The van der Waals surface area contributed by atoms with Crippen LogP contribution in [0.25, 0.3) is 0 Å². The Kier molecular flexibility index (Phi) is 4.53. The molecule has 1 aliphatic heterocycles. The SMILES string of the molecule is C=C1C(=O)[C@@]23C[C@@H]1C[C@@H](O)[C@@H]2[C@]1(CCC[C@@](C)(COC(C)=O)[C@H]1C=O)COC3=O. The number of hydrogen-bond acceptors (Lipinski definition) is 7. The molecule has 0 aromatic heterocycles. The predicted octanol–water partition coefficient (Wildman–Crippen LogP) is 1.61. The molecule has 4 fully saturated rings. The summed E-state index contributed by atoms with van der Waals surface area (Å²) in [5.74, 6) is -2.92. The van der Waals surface area contributed by atoms with Gasteiger partial charge in [-0.25, -0.2) is 0 Å². The maximum absolute atomic E-state index is 13.2. The van der Waals surface area contributed by atoms with Crippen LogP contribution in [0.1, 0.15) is 46.0 Å². The zero-order valence-corrected chi connectivity index (χ0v) is 16.9. The molecule has 158 valence electrons. The van der Waals surface area contributed by atoms with Crippen LogP contribution in [0.15, 0.2) is 12.2 Å². The second-order valence-corrected chi connectivity index (χ2v) is 9.72. The Morgan fingerprint density at radius 3 is 2.76 bits per heavy atom. The minimum Gasteiger partial charge on any atom is -0.465 e. The highest BCUT2D eigenvalue weighted by Crippen LogP contribution is 2.67. The van der Waals surface area contributed by atoms with Gasteiger partial charge in [-0.05, 0) is 37.2 Å². The standard InChI is InChI=1S/C22H28O7/c1-12-14-7-15(25)17-21(11-29-19(27)22(17,8-14)18(12)26)6-4-5-20(3,16(21)9-23)10-28-13(2)24/h9,14-17,25H,1,4-8,10-11H2,2-3H3/t14-,15+,16+,17+,20-,21+,22+/m0/s1. The third kappa shape index (κ3) is 2.52. The first kappa shape index (κ1) is 20.3. The molecule has 4 rings (SSSR count). The molecule has 0 aromatic carbocycles. The van der Waals surface area contributed by atoms with Gasteiger partial charge >= 0.3 is 11.9 Å². The van der Waals surface area contributed by atoms with E-state index in [0.29, 0.717) is 31.3 Å².